The Morgan fingerprint density at radius 1 is 1.36 bits per heavy atom. The molecule has 1 atom stereocenters. The van der Waals surface area contributed by atoms with Crippen molar-refractivity contribution in [3.8, 4) is 0 Å². The molecule has 0 radical (unpaired) electrons. The van der Waals surface area contributed by atoms with Crippen molar-refractivity contribution in [2.24, 2.45) is 0 Å². The topological polar surface area (TPSA) is 25.4 Å². The lowest BCUT2D eigenvalue weighted by Gasteiger charge is -2.14. The van der Waals surface area contributed by atoms with Crippen molar-refractivity contribution in [3.63, 3.8) is 0 Å². The third-order valence-electron chi connectivity index (χ3n) is 3.85. The van der Waals surface area contributed by atoms with Crippen LogP contribution in [0.1, 0.15) is 59.2 Å². The highest BCUT2D eigenvalue weighted by Crippen LogP contribution is 2.33. The third kappa shape index (κ3) is 3.96. The Kier molecular flexibility index (Phi) is 5.29. The van der Waals surface area contributed by atoms with Gasteiger partial charge < -0.3 is 4.74 Å². The summed E-state index contributed by atoms with van der Waals surface area (Å²) in [5.41, 5.74) is 1.19. The Hall–Kier alpha value is -0.750. The second kappa shape index (κ2) is 7.21. The Labute approximate surface area is 141 Å². The van der Waals surface area contributed by atoms with E-state index in [0.717, 1.165) is 19.7 Å². The summed E-state index contributed by atoms with van der Waals surface area (Å²) in [6.45, 7) is 7.21. The summed E-state index contributed by atoms with van der Waals surface area (Å²) >= 11 is 3.67. The Bertz CT molecular complexity index is 599. The summed E-state index contributed by atoms with van der Waals surface area (Å²) in [6.07, 6.45) is 2.71. The number of ether oxygens (including phenoxy) is 1. The highest BCUT2D eigenvalue weighted by Gasteiger charge is 2.19. The molecule has 5 heteroatoms. The quantitative estimate of drug-likeness (QED) is 0.757. The predicted molar refractivity (Wildman–Crippen MR) is 93.6 cm³/mol. The fourth-order valence-corrected chi connectivity index (χ4v) is 4.72. The largest absolute Gasteiger partial charge is 0.373 e. The summed E-state index contributed by atoms with van der Waals surface area (Å²) in [7, 11) is 2.17. The molecule has 1 aliphatic heterocycles. The Morgan fingerprint density at radius 3 is 2.91 bits per heavy atom. The smallest absolute Gasteiger partial charge is 0.0954 e. The molecule has 2 aromatic rings. The van der Waals surface area contributed by atoms with Crippen LogP contribution < -0.4 is 0 Å². The molecule has 0 aromatic carbocycles. The van der Waals surface area contributed by atoms with Crippen LogP contribution in [0.5, 0.6) is 0 Å². The minimum atomic E-state index is 0.344. The average Bonchev–Trinajstić information content (AvgIpc) is 3.18. The summed E-state index contributed by atoms with van der Waals surface area (Å²) < 4.78 is 5.77. The maximum Gasteiger partial charge on any atom is 0.0954 e. The molecular weight excluding hydrogens is 312 g/mol. The van der Waals surface area contributed by atoms with Crippen LogP contribution in [0.15, 0.2) is 17.5 Å². The van der Waals surface area contributed by atoms with Crippen molar-refractivity contribution in [3.05, 3.63) is 38.0 Å². The van der Waals surface area contributed by atoms with Crippen LogP contribution in [0, 0.1) is 0 Å². The van der Waals surface area contributed by atoms with Crippen LogP contribution in [-0.2, 0) is 17.8 Å². The summed E-state index contributed by atoms with van der Waals surface area (Å²) in [5, 5.41) is 3.43. The monoisotopic (exact) mass is 336 g/mol. The van der Waals surface area contributed by atoms with Gasteiger partial charge in [-0.3, -0.25) is 4.90 Å². The van der Waals surface area contributed by atoms with Gasteiger partial charge >= 0.3 is 0 Å². The van der Waals surface area contributed by atoms with Gasteiger partial charge in [-0.1, -0.05) is 13.8 Å². The molecule has 22 heavy (non-hydrogen) atoms. The van der Waals surface area contributed by atoms with Crippen LogP contribution in [-0.4, -0.2) is 23.5 Å². The van der Waals surface area contributed by atoms with E-state index in [9.17, 15) is 0 Å². The van der Waals surface area contributed by atoms with Crippen molar-refractivity contribution >= 4 is 22.7 Å². The van der Waals surface area contributed by atoms with E-state index in [4.69, 9.17) is 9.72 Å². The average molecular weight is 337 g/mol. The lowest BCUT2D eigenvalue weighted by molar-refractivity contribution is 0.114. The van der Waals surface area contributed by atoms with E-state index in [2.05, 4.69) is 43.3 Å². The van der Waals surface area contributed by atoms with Gasteiger partial charge in [-0.15, -0.1) is 22.7 Å². The van der Waals surface area contributed by atoms with E-state index >= 15 is 0 Å². The number of thiazole rings is 1. The van der Waals surface area contributed by atoms with Crippen molar-refractivity contribution in [2.45, 2.75) is 51.8 Å². The number of thiophene rings is 1. The summed E-state index contributed by atoms with van der Waals surface area (Å²) in [4.78, 5) is 9.85. The molecule has 0 amide bonds. The predicted octanol–water partition coefficient (Wildman–Crippen LogP) is 4.81. The molecule has 120 valence electrons. The molecular formula is C17H24N2OS2. The zero-order valence-corrected chi connectivity index (χ0v) is 15.2. The Balaban J connectivity index is 1.55. The number of nitrogens with zero attached hydrogens (tertiary/aromatic N) is 2. The third-order valence-corrected chi connectivity index (χ3v) is 6.21. The zero-order chi connectivity index (χ0) is 15.5. The SMILES string of the molecule is CC(C)c1nc(CN(C)Cc2ccc([C@@H]3CCCO3)s2)cs1. The molecule has 3 rings (SSSR count). The van der Waals surface area contributed by atoms with Crippen molar-refractivity contribution in [1.29, 1.82) is 0 Å². The maximum atomic E-state index is 5.77. The van der Waals surface area contributed by atoms with E-state index in [1.165, 1.54) is 33.3 Å². The zero-order valence-electron chi connectivity index (χ0n) is 13.5. The molecule has 0 saturated carbocycles. The molecule has 3 nitrogen and oxygen atoms in total. The molecule has 1 fully saturated rings. The molecule has 0 unspecified atom stereocenters. The van der Waals surface area contributed by atoms with Crippen LogP contribution >= 0.6 is 22.7 Å². The number of hydrogen-bond acceptors (Lipinski definition) is 5. The highest BCUT2D eigenvalue weighted by atomic mass is 32.1. The molecule has 0 aliphatic carbocycles. The van der Waals surface area contributed by atoms with E-state index in [1.54, 1.807) is 11.3 Å². The van der Waals surface area contributed by atoms with Crippen LogP contribution in [0.3, 0.4) is 0 Å². The van der Waals surface area contributed by atoms with E-state index in [-0.39, 0.29) is 0 Å². The molecule has 1 aliphatic rings. The molecule has 3 heterocycles. The van der Waals surface area contributed by atoms with Crippen molar-refractivity contribution in [1.82, 2.24) is 9.88 Å². The molecule has 0 N–H and O–H groups in total. The number of hydrogen-bond donors (Lipinski definition) is 0. The minimum Gasteiger partial charge on any atom is -0.373 e. The first-order chi connectivity index (χ1) is 10.6. The molecule has 2 aromatic heterocycles. The van der Waals surface area contributed by atoms with Gasteiger partial charge in [0.25, 0.3) is 0 Å². The Morgan fingerprint density at radius 2 is 2.23 bits per heavy atom. The normalized spacial score (nSPS) is 18.7. The van der Waals surface area contributed by atoms with Gasteiger partial charge in [0.1, 0.15) is 0 Å². The first-order valence-corrected chi connectivity index (χ1v) is 9.64. The molecule has 0 bridgehead atoms. The minimum absolute atomic E-state index is 0.344. The van der Waals surface area contributed by atoms with Gasteiger partial charge in [-0.25, -0.2) is 4.98 Å². The van der Waals surface area contributed by atoms with Crippen LogP contribution in [0.4, 0.5) is 0 Å². The second-order valence-electron chi connectivity index (χ2n) is 6.31. The van der Waals surface area contributed by atoms with Gasteiger partial charge in [0.05, 0.1) is 16.8 Å². The number of aromatic nitrogens is 1. The van der Waals surface area contributed by atoms with Gasteiger partial charge in [-0.05, 0) is 32.0 Å². The highest BCUT2D eigenvalue weighted by molar-refractivity contribution is 7.12. The molecule has 0 spiro atoms. The number of rotatable bonds is 6. The maximum absolute atomic E-state index is 5.77. The van der Waals surface area contributed by atoms with Crippen LogP contribution in [0.25, 0.3) is 0 Å². The van der Waals surface area contributed by atoms with Gasteiger partial charge in [0.2, 0.25) is 0 Å². The first kappa shape index (κ1) is 16.1. The lowest BCUT2D eigenvalue weighted by Crippen LogP contribution is -2.16. The fraction of sp³-hybridized carbons (Fsp3) is 0.588. The van der Waals surface area contributed by atoms with Crippen molar-refractivity contribution < 1.29 is 4.74 Å². The van der Waals surface area contributed by atoms with Crippen molar-refractivity contribution in [2.75, 3.05) is 13.7 Å². The standard InChI is InChI=1S/C17H24N2OS2/c1-12(2)17-18-13(11-21-17)9-19(3)10-14-6-7-16(22-14)15-5-4-8-20-15/h6-7,11-12,15H,4-5,8-10H2,1-3H3/t15-/m0/s1. The van der Waals surface area contributed by atoms with Gasteiger partial charge in [-0.2, -0.15) is 0 Å². The lowest BCUT2D eigenvalue weighted by atomic mass is 10.2. The second-order valence-corrected chi connectivity index (χ2v) is 8.40. The fourth-order valence-electron chi connectivity index (χ4n) is 2.71. The summed E-state index contributed by atoms with van der Waals surface area (Å²) in [5.74, 6) is 0.523. The van der Waals surface area contributed by atoms with E-state index in [1.807, 2.05) is 11.3 Å². The van der Waals surface area contributed by atoms with E-state index < -0.39 is 0 Å². The molecule has 1 saturated heterocycles. The van der Waals surface area contributed by atoms with E-state index in [0.29, 0.717) is 12.0 Å². The van der Waals surface area contributed by atoms with Crippen LogP contribution in [0.2, 0.25) is 0 Å². The van der Waals surface area contributed by atoms with Gasteiger partial charge in [0.15, 0.2) is 0 Å². The first-order valence-electron chi connectivity index (χ1n) is 7.95. The van der Waals surface area contributed by atoms with Gasteiger partial charge in [0, 0.05) is 40.7 Å². The summed E-state index contributed by atoms with van der Waals surface area (Å²) in [6, 6.07) is 4.49.